The van der Waals surface area contributed by atoms with E-state index in [0.29, 0.717) is 0 Å². The summed E-state index contributed by atoms with van der Waals surface area (Å²) in [5, 5.41) is 8.61. The van der Waals surface area contributed by atoms with E-state index in [9.17, 15) is 43.2 Å². The molecule has 0 radical (unpaired) electrons. The fraction of sp³-hybridized carbons (Fsp3) is 0.821. The third kappa shape index (κ3) is 21.7. The lowest BCUT2D eigenvalue weighted by molar-refractivity contribution is -0.376. The van der Waals surface area contributed by atoms with Crippen LogP contribution in [0.15, 0.2) is 0 Å². The summed E-state index contributed by atoms with van der Waals surface area (Å²) in [7, 11) is 0. The molecule has 480 valence electrons. The molecule has 0 bridgehead atoms. The average Bonchev–Trinajstić information content (AvgIpc) is 3.46. The van der Waals surface area contributed by atoms with Gasteiger partial charge in [-0.15, -0.1) is 0 Å². The van der Waals surface area contributed by atoms with Gasteiger partial charge in [-0.3, -0.25) is 48.6 Å². The molecule has 3 fully saturated rings. The van der Waals surface area contributed by atoms with Crippen LogP contribution in [0.1, 0.15) is 152 Å². The second kappa shape index (κ2) is 28.5. The highest BCUT2D eigenvalue weighted by atomic mass is 35.6. The fourth-order valence-electron chi connectivity index (χ4n) is 7.48. The zero-order valence-corrected chi connectivity index (χ0v) is 54.1. The SMILES string of the molecule is CC(=O)OC[C@H]1O[C@H](O[C@H]2[C@@H](OC(=O)C(C)(C)C)[C@@H](COC(=O)C(C)(C)C)O[C@@H](O[C@H]3[C@H](OC(=O)C(C)(C)C)[C@@H](OC(=O)C(C)(C)C)[C@@H](OC(=N)C(Cl)(Cl)Cl)O[C@@H]3COC(=O)C(C)(C)C)[C@@H]2OC(=O)C(C)(C)C)[C@H](OC(C)=O)C[C@H]1OC(C)=O. The van der Waals surface area contributed by atoms with Crippen molar-refractivity contribution in [2.45, 2.75) is 242 Å². The number of nitrogens with one attached hydrogen (secondary N) is 1. The molecule has 3 aliphatic rings. The van der Waals surface area contributed by atoms with Crippen LogP contribution < -0.4 is 0 Å². The molecule has 3 heterocycles. The maximum absolute atomic E-state index is 14.6. The van der Waals surface area contributed by atoms with E-state index < -0.39 is 202 Å². The van der Waals surface area contributed by atoms with Crippen molar-refractivity contribution in [3.8, 4) is 0 Å². The van der Waals surface area contributed by atoms with E-state index in [2.05, 4.69) is 0 Å². The minimum atomic E-state index is -2.58. The summed E-state index contributed by atoms with van der Waals surface area (Å²) in [5.74, 6) is -8.92. The van der Waals surface area contributed by atoms with Gasteiger partial charge in [-0.2, -0.15) is 0 Å². The Hall–Kier alpha value is -4.63. The average molecular weight is 1260 g/mol. The van der Waals surface area contributed by atoms with Crippen molar-refractivity contribution in [1.82, 2.24) is 0 Å². The number of alkyl halides is 3. The molecule has 28 heteroatoms. The molecular formula is C56H86Cl3NO24. The van der Waals surface area contributed by atoms with Crippen LogP contribution in [0.25, 0.3) is 0 Å². The molecule has 0 aromatic rings. The van der Waals surface area contributed by atoms with Crippen LogP contribution in [-0.2, 0) is 114 Å². The van der Waals surface area contributed by atoms with Gasteiger partial charge in [-0.1, -0.05) is 34.8 Å². The smallest absolute Gasteiger partial charge is 0.311 e. The molecule has 1 N–H and O–H groups in total. The zero-order valence-electron chi connectivity index (χ0n) is 51.8. The Bertz CT molecular complexity index is 2390. The second-order valence-corrected chi connectivity index (χ2v) is 29.1. The van der Waals surface area contributed by atoms with Gasteiger partial charge in [0.15, 0.2) is 37.0 Å². The monoisotopic (exact) mass is 1260 g/mol. The highest BCUT2D eigenvalue weighted by Crippen LogP contribution is 2.41. The lowest BCUT2D eigenvalue weighted by Crippen LogP contribution is -2.68. The van der Waals surface area contributed by atoms with Crippen LogP contribution in [0, 0.1) is 37.9 Å². The van der Waals surface area contributed by atoms with Gasteiger partial charge >= 0.3 is 53.7 Å². The van der Waals surface area contributed by atoms with E-state index in [1.807, 2.05) is 0 Å². The van der Waals surface area contributed by atoms with Crippen molar-refractivity contribution in [3.63, 3.8) is 0 Å². The molecule has 0 spiro atoms. The summed E-state index contributed by atoms with van der Waals surface area (Å²) in [6.45, 7) is 28.5. The summed E-state index contributed by atoms with van der Waals surface area (Å²) < 4.78 is 89.6. The van der Waals surface area contributed by atoms with Crippen molar-refractivity contribution < 1.29 is 114 Å². The third-order valence-corrected chi connectivity index (χ3v) is 12.8. The molecule has 0 saturated carbocycles. The fourth-order valence-corrected chi connectivity index (χ4v) is 7.61. The predicted molar refractivity (Wildman–Crippen MR) is 295 cm³/mol. The van der Waals surface area contributed by atoms with E-state index in [1.165, 1.54) is 83.1 Å². The first-order chi connectivity index (χ1) is 37.9. The number of carbonyl (C=O) groups is 9. The molecule has 3 saturated heterocycles. The maximum Gasteiger partial charge on any atom is 0.311 e. The van der Waals surface area contributed by atoms with Crippen molar-refractivity contribution in [3.05, 3.63) is 0 Å². The highest BCUT2D eigenvalue weighted by Gasteiger charge is 2.61. The molecule has 84 heavy (non-hydrogen) atoms. The second-order valence-electron chi connectivity index (χ2n) is 26.8. The molecule has 14 atom stereocenters. The minimum Gasteiger partial charge on any atom is -0.463 e. The van der Waals surface area contributed by atoms with Crippen LogP contribution in [0.2, 0.25) is 0 Å². The Morgan fingerprint density at radius 3 is 1.10 bits per heavy atom. The minimum absolute atomic E-state index is 0.368. The summed E-state index contributed by atoms with van der Waals surface area (Å²) >= 11 is 18.3. The molecular weight excluding hydrogens is 1180 g/mol. The quantitative estimate of drug-likeness (QED) is 0.0498. The van der Waals surface area contributed by atoms with Crippen LogP contribution >= 0.6 is 34.8 Å². The van der Waals surface area contributed by atoms with Gasteiger partial charge in [0.2, 0.25) is 18.3 Å². The predicted octanol–water partition coefficient (Wildman–Crippen LogP) is 7.12. The van der Waals surface area contributed by atoms with Gasteiger partial charge in [-0.05, 0) is 125 Å². The molecule has 3 rings (SSSR count). The number of halogens is 3. The maximum atomic E-state index is 14.6. The number of hydrogen-bond acceptors (Lipinski definition) is 25. The van der Waals surface area contributed by atoms with Crippen molar-refractivity contribution in [2.75, 3.05) is 19.8 Å². The van der Waals surface area contributed by atoms with E-state index in [0.717, 1.165) is 20.8 Å². The van der Waals surface area contributed by atoms with E-state index >= 15 is 0 Å². The van der Waals surface area contributed by atoms with Crippen LogP contribution in [0.3, 0.4) is 0 Å². The molecule has 0 unspecified atom stereocenters. The van der Waals surface area contributed by atoms with E-state index in [4.69, 9.17) is 111 Å². The van der Waals surface area contributed by atoms with Crippen LogP contribution in [0.5, 0.6) is 0 Å². The highest BCUT2D eigenvalue weighted by molar-refractivity contribution is 6.76. The normalized spacial score (nSPS) is 28.0. The first-order valence-corrected chi connectivity index (χ1v) is 28.3. The van der Waals surface area contributed by atoms with Gasteiger partial charge in [0.05, 0.1) is 32.5 Å². The van der Waals surface area contributed by atoms with Gasteiger partial charge < -0.3 is 71.1 Å². The Balaban J connectivity index is 2.63. The van der Waals surface area contributed by atoms with Crippen LogP contribution in [-0.4, -0.2) is 169 Å². The molecule has 0 aliphatic carbocycles. The number of esters is 9. The summed E-state index contributed by atoms with van der Waals surface area (Å²) in [6, 6.07) is 0. The number of ether oxygens (including phenoxy) is 15. The molecule has 0 aromatic heterocycles. The number of rotatable bonds is 17. The van der Waals surface area contributed by atoms with E-state index in [-0.39, 0.29) is 6.42 Å². The Labute approximate surface area is 506 Å². The Kier molecular flexibility index (Phi) is 25.0. The van der Waals surface area contributed by atoms with Gasteiger partial charge in [0.25, 0.3) is 3.79 Å². The van der Waals surface area contributed by atoms with Crippen molar-refractivity contribution in [1.29, 1.82) is 5.41 Å². The van der Waals surface area contributed by atoms with Crippen molar-refractivity contribution in [2.24, 2.45) is 32.5 Å². The van der Waals surface area contributed by atoms with Crippen molar-refractivity contribution >= 4 is 94.4 Å². The van der Waals surface area contributed by atoms with Gasteiger partial charge in [0, 0.05) is 27.2 Å². The first kappa shape index (κ1) is 73.6. The number of hydrogen-bond donors (Lipinski definition) is 1. The summed E-state index contributed by atoms with van der Waals surface area (Å²) in [6.07, 6.45) is -25.8. The zero-order chi connectivity index (χ0) is 64.8. The molecule has 0 amide bonds. The first-order valence-electron chi connectivity index (χ1n) is 27.2. The molecule has 25 nitrogen and oxygen atoms in total. The third-order valence-electron chi connectivity index (χ3n) is 12.2. The van der Waals surface area contributed by atoms with Crippen LogP contribution in [0.4, 0.5) is 0 Å². The van der Waals surface area contributed by atoms with E-state index in [1.54, 1.807) is 41.5 Å². The topological polar surface area (TPSA) is 316 Å². The van der Waals surface area contributed by atoms with Gasteiger partial charge in [-0.25, -0.2) is 0 Å². The molecule has 3 aliphatic heterocycles. The van der Waals surface area contributed by atoms with Gasteiger partial charge in [0.1, 0.15) is 56.4 Å². The molecule has 0 aromatic carbocycles. The lowest BCUT2D eigenvalue weighted by atomic mass is 9.92. The summed E-state index contributed by atoms with van der Waals surface area (Å²) in [4.78, 5) is 122. The Morgan fingerprint density at radius 1 is 0.369 bits per heavy atom. The standard InChI is InChI=1S/C56H86Cl3NO24/c1-26(61)70-23-31-29(73-27(2)62)22-30(74-28(3)63)40(75-31)79-36-35(80-46(66)52(10,11)12)33(25-72-45(65)51(7,8)9)76-41(38(36)82-48(68)54(16,17)18)78-34-32(24-71-44(64)50(4,5)6)77-42(84-43(60)56(57,58)59)39(83-49(69)55(19,20)21)37(34)81-47(67)53(13,14)15/h29-42,60H,22-25H2,1-21H3/t29-,30-,31-,32-,33-,34-,35+,36+,37+,38-,39-,40-,41+,42-/m1/s1. The number of carbonyl (C=O) groups excluding carboxylic acids is 9. The lowest BCUT2D eigenvalue weighted by Gasteiger charge is -2.50. The summed E-state index contributed by atoms with van der Waals surface area (Å²) in [5.41, 5.74) is -7.68. The largest absolute Gasteiger partial charge is 0.463 e. The Morgan fingerprint density at radius 2 is 0.702 bits per heavy atom.